The van der Waals surface area contributed by atoms with Gasteiger partial charge in [0.15, 0.2) is 0 Å². The van der Waals surface area contributed by atoms with Crippen LogP contribution in [0.2, 0.25) is 0 Å². The largest absolute Gasteiger partial charge is 0.466 e. The first-order valence-electron chi connectivity index (χ1n) is 7.18. The monoisotopic (exact) mass is 305 g/mol. The molecule has 0 aromatic carbocycles. The second-order valence-corrected chi connectivity index (χ2v) is 7.01. The van der Waals surface area contributed by atoms with Crippen molar-refractivity contribution in [3.8, 4) is 0 Å². The van der Waals surface area contributed by atoms with Gasteiger partial charge in [0, 0.05) is 39.3 Å². The Kier molecular flexibility index (Phi) is 5.36. The quantitative estimate of drug-likeness (QED) is 0.703. The number of rotatable bonds is 4. The zero-order valence-electron chi connectivity index (χ0n) is 11.9. The van der Waals surface area contributed by atoms with Crippen LogP contribution >= 0.6 is 0 Å². The zero-order valence-corrected chi connectivity index (χ0v) is 12.7. The minimum Gasteiger partial charge on any atom is -0.466 e. The van der Waals surface area contributed by atoms with E-state index in [0.717, 1.165) is 0 Å². The Morgan fingerprint density at radius 1 is 1.15 bits per heavy atom. The topological polar surface area (TPSA) is 79.0 Å². The van der Waals surface area contributed by atoms with Crippen molar-refractivity contribution in [1.29, 1.82) is 0 Å². The molecule has 116 valence electrons. The van der Waals surface area contributed by atoms with E-state index in [0.29, 0.717) is 58.7 Å². The first-order chi connectivity index (χ1) is 9.55. The van der Waals surface area contributed by atoms with Gasteiger partial charge in [0.2, 0.25) is 0 Å². The predicted molar refractivity (Wildman–Crippen MR) is 74.3 cm³/mol. The summed E-state index contributed by atoms with van der Waals surface area (Å²) in [5.74, 6) is -0.365. The summed E-state index contributed by atoms with van der Waals surface area (Å²) in [6, 6.07) is 0. The van der Waals surface area contributed by atoms with Gasteiger partial charge in [-0.1, -0.05) is 0 Å². The van der Waals surface area contributed by atoms with E-state index in [1.54, 1.807) is 6.92 Å². The van der Waals surface area contributed by atoms with Gasteiger partial charge in [0.05, 0.1) is 12.5 Å². The predicted octanol–water partition coefficient (Wildman–Crippen LogP) is -0.588. The van der Waals surface area contributed by atoms with Gasteiger partial charge in [0.1, 0.15) is 0 Å². The van der Waals surface area contributed by atoms with Crippen molar-refractivity contribution in [3.63, 3.8) is 0 Å². The summed E-state index contributed by atoms with van der Waals surface area (Å²) in [5.41, 5.74) is 0. The molecule has 2 heterocycles. The number of ether oxygens (including phenoxy) is 1. The van der Waals surface area contributed by atoms with E-state index in [4.69, 9.17) is 4.74 Å². The van der Waals surface area contributed by atoms with E-state index in [2.05, 4.69) is 5.32 Å². The number of carbonyl (C=O) groups is 1. The maximum atomic E-state index is 12.5. The van der Waals surface area contributed by atoms with E-state index < -0.39 is 10.2 Å². The normalized spacial score (nSPS) is 23.6. The lowest BCUT2D eigenvalue weighted by Gasteiger charge is -2.35. The first-order valence-corrected chi connectivity index (χ1v) is 8.58. The maximum Gasteiger partial charge on any atom is 0.309 e. The molecular weight excluding hydrogens is 282 g/mol. The van der Waals surface area contributed by atoms with Crippen molar-refractivity contribution in [3.05, 3.63) is 0 Å². The fraction of sp³-hybridized carbons (Fsp3) is 0.917. The van der Waals surface area contributed by atoms with Gasteiger partial charge in [-0.25, -0.2) is 0 Å². The average molecular weight is 305 g/mol. The average Bonchev–Trinajstić information content (AvgIpc) is 2.48. The number of esters is 1. The molecule has 2 rings (SSSR count). The molecule has 0 radical (unpaired) electrons. The summed E-state index contributed by atoms with van der Waals surface area (Å²) in [6.07, 6.45) is 1.09. The van der Waals surface area contributed by atoms with Crippen LogP contribution in [0.4, 0.5) is 0 Å². The SMILES string of the molecule is CCOC(=O)C1CCN(S(=O)(=O)N2CCNCC2)CC1. The fourth-order valence-corrected chi connectivity index (χ4v) is 4.26. The number of nitrogens with one attached hydrogen (secondary N) is 1. The van der Waals surface area contributed by atoms with E-state index >= 15 is 0 Å². The number of piperidine rings is 1. The summed E-state index contributed by atoms with van der Waals surface area (Å²) in [6.45, 7) is 5.36. The highest BCUT2D eigenvalue weighted by atomic mass is 32.2. The van der Waals surface area contributed by atoms with Gasteiger partial charge in [-0.05, 0) is 19.8 Å². The molecule has 0 aliphatic carbocycles. The van der Waals surface area contributed by atoms with E-state index in [1.165, 1.54) is 8.61 Å². The first kappa shape index (κ1) is 15.7. The molecule has 20 heavy (non-hydrogen) atoms. The third kappa shape index (κ3) is 3.49. The highest BCUT2D eigenvalue weighted by molar-refractivity contribution is 7.86. The Balaban J connectivity index is 1.90. The lowest BCUT2D eigenvalue weighted by atomic mass is 9.98. The highest BCUT2D eigenvalue weighted by Gasteiger charge is 2.35. The molecule has 8 heteroatoms. The Morgan fingerprint density at radius 3 is 2.25 bits per heavy atom. The number of piperazine rings is 1. The van der Waals surface area contributed by atoms with E-state index in [9.17, 15) is 13.2 Å². The number of carbonyl (C=O) groups excluding carboxylic acids is 1. The van der Waals surface area contributed by atoms with Crippen molar-refractivity contribution in [2.45, 2.75) is 19.8 Å². The molecule has 2 saturated heterocycles. The van der Waals surface area contributed by atoms with Crippen LogP contribution in [-0.4, -0.2) is 68.9 Å². The number of nitrogens with zero attached hydrogens (tertiary/aromatic N) is 2. The second kappa shape index (κ2) is 6.84. The van der Waals surface area contributed by atoms with Gasteiger partial charge < -0.3 is 10.1 Å². The molecule has 2 aliphatic heterocycles. The summed E-state index contributed by atoms with van der Waals surface area (Å²) in [4.78, 5) is 11.6. The third-order valence-corrected chi connectivity index (χ3v) is 5.84. The molecule has 0 amide bonds. The zero-order chi connectivity index (χ0) is 14.6. The van der Waals surface area contributed by atoms with Crippen LogP contribution in [0.3, 0.4) is 0 Å². The van der Waals surface area contributed by atoms with Gasteiger partial charge >= 0.3 is 5.97 Å². The standard InChI is InChI=1S/C12H23N3O4S/c1-2-19-12(16)11-3-7-14(8-4-11)20(17,18)15-9-5-13-6-10-15/h11,13H,2-10H2,1H3. The van der Waals surface area contributed by atoms with Crippen molar-refractivity contribution < 1.29 is 17.9 Å². The minimum atomic E-state index is -3.37. The highest BCUT2D eigenvalue weighted by Crippen LogP contribution is 2.22. The molecule has 0 atom stereocenters. The van der Waals surface area contributed by atoms with Gasteiger partial charge in [-0.2, -0.15) is 17.0 Å². The molecule has 0 bridgehead atoms. The van der Waals surface area contributed by atoms with Crippen LogP contribution < -0.4 is 5.32 Å². The summed E-state index contributed by atoms with van der Waals surface area (Å²) in [5, 5.41) is 3.14. The Bertz CT molecular complexity index is 426. The van der Waals surface area contributed by atoms with Crippen molar-refractivity contribution in [2.24, 2.45) is 5.92 Å². The Morgan fingerprint density at radius 2 is 1.70 bits per heavy atom. The van der Waals surface area contributed by atoms with Crippen LogP contribution in [0.25, 0.3) is 0 Å². The fourth-order valence-electron chi connectivity index (χ4n) is 2.62. The molecule has 0 saturated carbocycles. The molecule has 0 aromatic rings. The van der Waals surface area contributed by atoms with E-state index in [1.807, 2.05) is 0 Å². The van der Waals surface area contributed by atoms with Crippen molar-refractivity contribution >= 4 is 16.2 Å². The van der Waals surface area contributed by atoms with Gasteiger partial charge in [-0.3, -0.25) is 4.79 Å². The lowest BCUT2D eigenvalue weighted by Crippen LogP contribution is -2.53. The van der Waals surface area contributed by atoms with Crippen LogP contribution in [0.1, 0.15) is 19.8 Å². The molecule has 2 aliphatic rings. The molecule has 0 unspecified atom stereocenters. The smallest absolute Gasteiger partial charge is 0.309 e. The molecular formula is C12H23N3O4S. The minimum absolute atomic E-state index is 0.163. The summed E-state index contributed by atoms with van der Waals surface area (Å²) < 4.78 is 32.9. The Hall–Kier alpha value is -0.700. The van der Waals surface area contributed by atoms with Crippen LogP contribution in [0.5, 0.6) is 0 Å². The maximum absolute atomic E-state index is 12.5. The summed E-state index contributed by atoms with van der Waals surface area (Å²) >= 11 is 0. The van der Waals surface area contributed by atoms with E-state index in [-0.39, 0.29) is 11.9 Å². The number of hydrogen-bond acceptors (Lipinski definition) is 5. The van der Waals surface area contributed by atoms with Crippen molar-refractivity contribution in [2.75, 3.05) is 45.9 Å². The van der Waals surface area contributed by atoms with Crippen LogP contribution in [0.15, 0.2) is 0 Å². The number of hydrogen-bond donors (Lipinski definition) is 1. The molecule has 7 nitrogen and oxygen atoms in total. The lowest BCUT2D eigenvalue weighted by molar-refractivity contribution is -0.149. The second-order valence-electron chi connectivity index (χ2n) is 5.08. The van der Waals surface area contributed by atoms with Gasteiger partial charge in [0.25, 0.3) is 10.2 Å². The van der Waals surface area contributed by atoms with Crippen molar-refractivity contribution in [1.82, 2.24) is 13.9 Å². The van der Waals surface area contributed by atoms with Crippen LogP contribution in [0, 0.1) is 5.92 Å². The molecule has 0 spiro atoms. The van der Waals surface area contributed by atoms with Crippen LogP contribution in [-0.2, 0) is 19.7 Å². The molecule has 2 fully saturated rings. The molecule has 1 N–H and O–H groups in total. The van der Waals surface area contributed by atoms with Gasteiger partial charge in [-0.15, -0.1) is 0 Å². The molecule has 0 aromatic heterocycles. The summed E-state index contributed by atoms with van der Waals surface area (Å²) in [7, 11) is -3.37. The third-order valence-electron chi connectivity index (χ3n) is 3.80. The Labute approximate surface area is 120 Å².